The van der Waals surface area contributed by atoms with E-state index < -0.39 is 39.5 Å². The van der Waals surface area contributed by atoms with Crippen molar-refractivity contribution in [3.8, 4) is 0 Å². The van der Waals surface area contributed by atoms with Gasteiger partial charge in [0.2, 0.25) is 16.9 Å². The Kier molecular flexibility index (Phi) is 7.89. The lowest BCUT2D eigenvalue weighted by Gasteiger charge is -2.15. The zero-order valence-corrected chi connectivity index (χ0v) is 19.8. The predicted molar refractivity (Wildman–Crippen MR) is 123 cm³/mol. The molecule has 2 amide bonds. The van der Waals surface area contributed by atoms with E-state index in [1.54, 1.807) is 19.1 Å². The van der Waals surface area contributed by atoms with Crippen LogP contribution in [0.2, 0.25) is 0 Å². The highest BCUT2D eigenvalue weighted by atomic mass is 32.2. The summed E-state index contributed by atoms with van der Waals surface area (Å²) in [6.45, 7) is 3.49. The molecule has 3 aromatic rings. The molecule has 13 heteroatoms. The van der Waals surface area contributed by atoms with E-state index in [1.165, 1.54) is 12.1 Å². The lowest BCUT2D eigenvalue weighted by molar-refractivity contribution is -0.126. The lowest BCUT2D eigenvalue weighted by Crippen LogP contribution is -2.44. The van der Waals surface area contributed by atoms with Crippen LogP contribution >= 0.6 is 11.5 Å². The van der Waals surface area contributed by atoms with E-state index in [0.717, 1.165) is 29.2 Å². The van der Waals surface area contributed by atoms with Crippen molar-refractivity contribution >= 4 is 44.5 Å². The molecule has 0 radical (unpaired) electrons. The summed E-state index contributed by atoms with van der Waals surface area (Å²) in [4.78, 5) is 28.8. The van der Waals surface area contributed by atoms with E-state index >= 15 is 0 Å². The molecule has 0 spiro atoms. The van der Waals surface area contributed by atoms with Crippen molar-refractivity contribution in [2.45, 2.75) is 37.6 Å². The molecule has 180 valence electrons. The van der Waals surface area contributed by atoms with Gasteiger partial charge in [-0.25, -0.2) is 21.9 Å². The fourth-order valence-electron chi connectivity index (χ4n) is 2.90. The van der Waals surface area contributed by atoms with Crippen LogP contribution in [0.15, 0.2) is 47.4 Å². The molecule has 0 fully saturated rings. The maximum absolute atomic E-state index is 13.3. The van der Waals surface area contributed by atoms with Crippen molar-refractivity contribution in [1.82, 2.24) is 14.7 Å². The SMILES string of the molecule is CCC(NC(=O)Cc1cc(F)cc(F)c1)C(=O)Nc1nc(NS(=O)(=O)c2ccc(C)cc2)ns1. The average molecular weight is 510 g/mol. The summed E-state index contributed by atoms with van der Waals surface area (Å²) >= 11 is 0.753. The number of nitrogens with one attached hydrogen (secondary N) is 3. The Labute approximate surface area is 198 Å². The molecule has 34 heavy (non-hydrogen) atoms. The Balaban J connectivity index is 1.59. The van der Waals surface area contributed by atoms with E-state index in [9.17, 15) is 26.8 Å². The van der Waals surface area contributed by atoms with Gasteiger partial charge in [0.05, 0.1) is 11.3 Å². The van der Waals surface area contributed by atoms with Gasteiger partial charge in [-0.1, -0.05) is 24.6 Å². The monoisotopic (exact) mass is 509 g/mol. The van der Waals surface area contributed by atoms with Crippen LogP contribution in [0.3, 0.4) is 0 Å². The Morgan fingerprint density at radius 2 is 1.74 bits per heavy atom. The second kappa shape index (κ2) is 10.7. The van der Waals surface area contributed by atoms with Crippen LogP contribution in [0, 0.1) is 18.6 Å². The van der Waals surface area contributed by atoms with Crippen molar-refractivity contribution in [3.05, 3.63) is 65.2 Å². The fraction of sp³-hybridized carbons (Fsp3) is 0.238. The number of anilines is 2. The summed E-state index contributed by atoms with van der Waals surface area (Å²) in [5.74, 6) is -3.04. The second-order valence-corrected chi connectivity index (χ2v) is 9.75. The molecule has 3 rings (SSSR count). The number of carbonyl (C=O) groups excluding carboxylic acids is 2. The van der Waals surface area contributed by atoms with Crippen LogP contribution in [0.5, 0.6) is 0 Å². The zero-order chi connectivity index (χ0) is 24.9. The molecule has 1 heterocycles. The fourth-order valence-corrected chi connectivity index (χ4v) is 4.44. The number of aromatic nitrogens is 2. The molecule has 2 aromatic carbocycles. The molecule has 0 aliphatic carbocycles. The quantitative estimate of drug-likeness (QED) is 0.407. The molecule has 0 aliphatic heterocycles. The topological polar surface area (TPSA) is 130 Å². The first-order valence-corrected chi connectivity index (χ1v) is 12.3. The summed E-state index contributed by atoms with van der Waals surface area (Å²) in [6.07, 6.45) is -0.0942. The minimum absolute atomic E-state index is 0.0199. The molecule has 0 saturated carbocycles. The summed E-state index contributed by atoms with van der Waals surface area (Å²) in [5, 5.41) is 4.98. The first-order chi connectivity index (χ1) is 16.1. The third-order valence-electron chi connectivity index (χ3n) is 4.56. The largest absolute Gasteiger partial charge is 0.344 e. The number of aryl methyl sites for hydroxylation is 1. The average Bonchev–Trinajstić information content (AvgIpc) is 3.17. The van der Waals surface area contributed by atoms with Gasteiger partial charge in [-0.3, -0.25) is 14.9 Å². The summed E-state index contributed by atoms with van der Waals surface area (Å²) in [7, 11) is -3.91. The number of amides is 2. The number of halogens is 2. The highest BCUT2D eigenvalue weighted by molar-refractivity contribution is 7.92. The third kappa shape index (κ3) is 6.78. The van der Waals surface area contributed by atoms with Crippen molar-refractivity contribution in [2.75, 3.05) is 10.0 Å². The second-order valence-electron chi connectivity index (χ2n) is 7.31. The Morgan fingerprint density at radius 3 is 2.35 bits per heavy atom. The number of rotatable bonds is 9. The van der Waals surface area contributed by atoms with Crippen molar-refractivity contribution in [3.63, 3.8) is 0 Å². The van der Waals surface area contributed by atoms with Crippen LogP contribution in [0.4, 0.5) is 19.9 Å². The third-order valence-corrected chi connectivity index (χ3v) is 6.53. The molecular formula is C21H21F2N5O4S2. The van der Waals surface area contributed by atoms with Gasteiger partial charge in [0.1, 0.15) is 17.7 Å². The van der Waals surface area contributed by atoms with E-state index in [-0.39, 0.29) is 34.4 Å². The Bertz CT molecular complexity index is 1280. The van der Waals surface area contributed by atoms with E-state index in [1.807, 2.05) is 6.92 Å². The molecule has 1 atom stereocenters. The zero-order valence-electron chi connectivity index (χ0n) is 18.1. The van der Waals surface area contributed by atoms with E-state index in [0.29, 0.717) is 6.07 Å². The van der Waals surface area contributed by atoms with Crippen LogP contribution in [0.25, 0.3) is 0 Å². The molecule has 0 bridgehead atoms. The molecule has 9 nitrogen and oxygen atoms in total. The standard InChI is InChI=1S/C21H21F2N5O4S2/c1-3-17(24-18(29)10-13-8-14(22)11-15(23)9-13)19(30)25-21-26-20(27-33-21)28-34(31,32)16-6-4-12(2)5-7-16/h4-9,11,17H,3,10H2,1-2H3,(H,24,29)(H2,25,26,27,28,30). The number of hydrogen-bond acceptors (Lipinski definition) is 7. The van der Waals surface area contributed by atoms with Crippen LogP contribution in [-0.4, -0.2) is 35.6 Å². The highest BCUT2D eigenvalue weighted by Gasteiger charge is 2.22. The number of hydrogen-bond donors (Lipinski definition) is 3. The number of nitrogens with zero attached hydrogens (tertiary/aromatic N) is 2. The van der Waals surface area contributed by atoms with Gasteiger partial charge < -0.3 is 5.32 Å². The van der Waals surface area contributed by atoms with Crippen molar-refractivity contribution < 1.29 is 26.8 Å². The predicted octanol–water partition coefficient (Wildman–Crippen LogP) is 3.00. The van der Waals surface area contributed by atoms with Gasteiger partial charge in [-0.05, 0) is 43.2 Å². The highest BCUT2D eigenvalue weighted by Crippen LogP contribution is 2.19. The normalized spacial score (nSPS) is 12.1. The minimum atomic E-state index is -3.91. The molecular weight excluding hydrogens is 488 g/mol. The molecule has 3 N–H and O–H groups in total. The van der Waals surface area contributed by atoms with Gasteiger partial charge in [-0.15, -0.1) is 0 Å². The molecule has 1 unspecified atom stereocenters. The number of benzene rings is 2. The first kappa shape index (κ1) is 25.2. The Hall–Kier alpha value is -3.45. The van der Waals surface area contributed by atoms with Gasteiger partial charge in [0.15, 0.2) is 0 Å². The smallest absolute Gasteiger partial charge is 0.264 e. The maximum Gasteiger partial charge on any atom is 0.264 e. The van der Waals surface area contributed by atoms with Crippen LogP contribution in [0.1, 0.15) is 24.5 Å². The molecule has 1 aromatic heterocycles. The van der Waals surface area contributed by atoms with Crippen LogP contribution < -0.4 is 15.4 Å². The van der Waals surface area contributed by atoms with E-state index in [2.05, 4.69) is 24.7 Å². The summed E-state index contributed by atoms with van der Waals surface area (Å²) in [6, 6.07) is 7.99. The van der Waals surface area contributed by atoms with Gasteiger partial charge in [-0.2, -0.15) is 9.36 Å². The van der Waals surface area contributed by atoms with Crippen molar-refractivity contribution in [1.29, 1.82) is 0 Å². The van der Waals surface area contributed by atoms with Crippen LogP contribution in [-0.2, 0) is 26.0 Å². The summed E-state index contributed by atoms with van der Waals surface area (Å²) < 4.78 is 57.6. The summed E-state index contributed by atoms with van der Waals surface area (Å²) in [5.41, 5.74) is 1.02. The van der Waals surface area contributed by atoms with Gasteiger partial charge >= 0.3 is 0 Å². The Morgan fingerprint density at radius 1 is 1.09 bits per heavy atom. The maximum atomic E-state index is 13.3. The van der Waals surface area contributed by atoms with Gasteiger partial charge in [0, 0.05) is 17.6 Å². The van der Waals surface area contributed by atoms with E-state index in [4.69, 9.17) is 0 Å². The number of carbonyl (C=O) groups is 2. The lowest BCUT2D eigenvalue weighted by atomic mass is 10.1. The molecule has 0 aliphatic rings. The minimum Gasteiger partial charge on any atom is -0.344 e. The van der Waals surface area contributed by atoms with Crippen molar-refractivity contribution in [2.24, 2.45) is 0 Å². The van der Waals surface area contributed by atoms with Gasteiger partial charge in [0.25, 0.3) is 16.0 Å². The first-order valence-electron chi connectivity index (χ1n) is 10.0. The molecule has 0 saturated heterocycles. The number of sulfonamides is 1.